The van der Waals surface area contributed by atoms with E-state index >= 15 is 0 Å². The molecular weight excluding hydrogens is 340 g/mol. The number of benzene rings is 2. The van der Waals surface area contributed by atoms with Crippen LogP contribution in [0.5, 0.6) is 0 Å². The lowest BCUT2D eigenvalue weighted by atomic mass is 9.98. The van der Waals surface area contributed by atoms with Crippen molar-refractivity contribution >= 4 is 39.3 Å². The van der Waals surface area contributed by atoms with Gasteiger partial charge in [0, 0.05) is 40.5 Å². The van der Waals surface area contributed by atoms with E-state index in [0.717, 1.165) is 27.4 Å². The van der Waals surface area contributed by atoms with Gasteiger partial charge in [0.15, 0.2) is 0 Å². The summed E-state index contributed by atoms with van der Waals surface area (Å²) in [4.78, 5) is 15.7. The molecule has 6 heteroatoms. The van der Waals surface area contributed by atoms with E-state index in [1.54, 1.807) is 0 Å². The number of amides is 1. The van der Waals surface area contributed by atoms with Gasteiger partial charge in [-0.25, -0.2) is 0 Å². The van der Waals surface area contributed by atoms with Gasteiger partial charge in [0.25, 0.3) is 0 Å². The molecule has 25 heavy (non-hydrogen) atoms. The summed E-state index contributed by atoms with van der Waals surface area (Å²) in [5.41, 5.74) is 2.88. The summed E-state index contributed by atoms with van der Waals surface area (Å²) in [6.45, 7) is 2.21. The number of aliphatic hydroxyl groups excluding tert-OH is 1. The Bertz CT molecular complexity index is 906. The number of hydrogen-bond donors (Lipinski definition) is 3. The van der Waals surface area contributed by atoms with E-state index in [1.165, 1.54) is 7.11 Å². The van der Waals surface area contributed by atoms with Crippen LogP contribution in [-0.4, -0.2) is 42.4 Å². The minimum atomic E-state index is -0.706. The van der Waals surface area contributed by atoms with Gasteiger partial charge in [-0.1, -0.05) is 23.7 Å². The molecule has 1 amide bonds. The van der Waals surface area contributed by atoms with Crippen LogP contribution in [0, 0.1) is 0 Å². The Morgan fingerprint density at radius 1 is 1.24 bits per heavy atom. The minimum absolute atomic E-state index is 0.131. The van der Waals surface area contributed by atoms with Crippen molar-refractivity contribution in [3.8, 4) is 0 Å². The number of hydrogen-bond acceptors (Lipinski definition) is 3. The smallest absolute Gasteiger partial charge is 0.227 e. The molecule has 3 aromatic rings. The van der Waals surface area contributed by atoms with Gasteiger partial charge in [0.05, 0.1) is 18.6 Å². The first-order chi connectivity index (χ1) is 12.0. The fraction of sp³-hybridized carbons (Fsp3) is 0.316. The number of fused-ring (bicyclic) bond motifs is 3. The monoisotopic (exact) mass is 360 g/mol. The minimum Gasteiger partial charge on any atom is -0.389 e. The maximum atomic E-state index is 12.3. The summed E-state index contributed by atoms with van der Waals surface area (Å²) >= 11 is 6.09. The van der Waals surface area contributed by atoms with Gasteiger partial charge in [-0.15, -0.1) is 0 Å². The lowest BCUT2D eigenvalue weighted by Crippen LogP contribution is -2.36. The summed E-state index contributed by atoms with van der Waals surface area (Å²) in [5.74, 6) is -0.456. The fourth-order valence-electron chi connectivity index (χ4n) is 2.94. The highest BCUT2D eigenvalue weighted by molar-refractivity contribution is 6.31. The second kappa shape index (κ2) is 7.44. The average Bonchev–Trinajstić information content (AvgIpc) is 2.96. The first kappa shape index (κ1) is 17.7. The van der Waals surface area contributed by atoms with Crippen LogP contribution in [0.15, 0.2) is 36.4 Å². The van der Waals surface area contributed by atoms with E-state index in [-0.39, 0.29) is 25.0 Å². The van der Waals surface area contributed by atoms with Crippen molar-refractivity contribution < 1.29 is 14.6 Å². The number of ether oxygens (including phenoxy) is 1. The molecular formula is C19H21ClN2O3. The number of H-pyrrole nitrogens is 1. The molecule has 0 aliphatic heterocycles. The van der Waals surface area contributed by atoms with Crippen LogP contribution in [0.4, 0.5) is 0 Å². The van der Waals surface area contributed by atoms with E-state index in [4.69, 9.17) is 16.3 Å². The predicted molar refractivity (Wildman–Crippen MR) is 100 cm³/mol. The van der Waals surface area contributed by atoms with Crippen molar-refractivity contribution in [2.75, 3.05) is 20.3 Å². The Labute approximate surface area is 150 Å². The highest BCUT2D eigenvalue weighted by Gasteiger charge is 2.17. The van der Waals surface area contributed by atoms with Gasteiger partial charge in [0.2, 0.25) is 5.91 Å². The molecule has 0 fully saturated rings. The Morgan fingerprint density at radius 2 is 2.04 bits per heavy atom. The third-order valence-corrected chi connectivity index (χ3v) is 4.58. The lowest BCUT2D eigenvalue weighted by molar-refractivity contribution is -0.122. The summed E-state index contributed by atoms with van der Waals surface area (Å²) < 4.78 is 4.85. The highest BCUT2D eigenvalue weighted by atomic mass is 35.5. The molecule has 2 aromatic carbocycles. The molecule has 1 aromatic heterocycles. The molecule has 132 valence electrons. The van der Waals surface area contributed by atoms with Gasteiger partial charge in [-0.05, 0) is 36.8 Å². The molecule has 0 bridgehead atoms. The van der Waals surface area contributed by atoms with Crippen molar-refractivity contribution in [2.24, 2.45) is 0 Å². The van der Waals surface area contributed by atoms with Crippen LogP contribution < -0.4 is 5.32 Å². The van der Waals surface area contributed by atoms with Crippen molar-refractivity contribution in [1.82, 2.24) is 10.3 Å². The average molecular weight is 361 g/mol. The first-order valence-corrected chi connectivity index (χ1v) is 8.53. The van der Waals surface area contributed by atoms with Crippen LogP contribution in [-0.2, 0) is 9.53 Å². The first-order valence-electron chi connectivity index (χ1n) is 8.15. The molecule has 0 saturated carbocycles. The van der Waals surface area contributed by atoms with E-state index in [9.17, 15) is 9.90 Å². The number of rotatable bonds is 6. The maximum Gasteiger partial charge on any atom is 0.227 e. The third kappa shape index (κ3) is 3.79. The number of aromatic nitrogens is 1. The zero-order chi connectivity index (χ0) is 18.0. The molecule has 0 aliphatic rings. The molecule has 3 rings (SSSR count). The lowest BCUT2D eigenvalue weighted by Gasteiger charge is -2.15. The Balaban J connectivity index is 1.81. The van der Waals surface area contributed by atoms with E-state index in [0.29, 0.717) is 5.02 Å². The summed E-state index contributed by atoms with van der Waals surface area (Å²) in [6, 6.07) is 11.7. The number of aliphatic hydroxyl groups is 1. The molecule has 0 unspecified atom stereocenters. The van der Waals surface area contributed by atoms with Crippen molar-refractivity contribution in [1.29, 1.82) is 0 Å². The van der Waals surface area contributed by atoms with E-state index in [1.807, 2.05) is 43.3 Å². The fourth-order valence-corrected chi connectivity index (χ4v) is 3.11. The number of aromatic amines is 1. The van der Waals surface area contributed by atoms with E-state index in [2.05, 4.69) is 10.3 Å². The number of nitrogens with one attached hydrogen (secondary N) is 2. The van der Waals surface area contributed by atoms with Gasteiger partial charge in [-0.3, -0.25) is 4.79 Å². The number of methoxy groups -OCH3 is 1. The Hall–Kier alpha value is -2.08. The van der Waals surface area contributed by atoms with Crippen molar-refractivity contribution in [3.63, 3.8) is 0 Å². The molecule has 0 aliphatic carbocycles. The molecule has 2 atom stereocenters. The zero-order valence-electron chi connectivity index (χ0n) is 14.2. The Kier molecular flexibility index (Phi) is 5.27. The molecule has 0 radical (unpaired) electrons. The zero-order valence-corrected chi connectivity index (χ0v) is 14.9. The van der Waals surface area contributed by atoms with Crippen LogP contribution in [0.1, 0.15) is 18.4 Å². The molecule has 3 N–H and O–H groups in total. The second-order valence-corrected chi connectivity index (χ2v) is 6.63. The van der Waals surface area contributed by atoms with Gasteiger partial charge in [-0.2, -0.15) is 0 Å². The Morgan fingerprint density at radius 3 is 2.80 bits per heavy atom. The predicted octanol–water partition coefficient (Wildman–Crippen LogP) is 3.20. The van der Waals surface area contributed by atoms with Crippen molar-refractivity contribution in [2.45, 2.75) is 18.9 Å². The summed E-state index contributed by atoms with van der Waals surface area (Å²) in [7, 11) is 1.51. The second-order valence-electron chi connectivity index (χ2n) is 6.20. The molecule has 1 heterocycles. The van der Waals surface area contributed by atoms with Gasteiger partial charge >= 0.3 is 0 Å². The van der Waals surface area contributed by atoms with E-state index < -0.39 is 6.10 Å². The normalized spacial score (nSPS) is 13.9. The number of carbonyl (C=O) groups excluding carboxylic acids is 1. The number of halogens is 1. The topological polar surface area (TPSA) is 74.3 Å². The summed E-state index contributed by atoms with van der Waals surface area (Å²) in [6.07, 6.45) is -0.706. The van der Waals surface area contributed by atoms with Crippen LogP contribution >= 0.6 is 11.6 Å². The van der Waals surface area contributed by atoms with Crippen molar-refractivity contribution in [3.05, 3.63) is 47.0 Å². The van der Waals surface area contributed by atoms with Crippen LogP contribution in [0.3, 0.4) is 0 Å². The quantitative estimate of drug-likeness (QED) is 0.632. The maximum absolute atomic E-state index is 12.3. The van der Waals surface area contributed by atoms with Gasteiger partial charge in [0.1, 0.15) is 0 Å². The molecule has 0 saturated heterocycles. The van der Waals surface area contributed by atoms with Gasteiger partial charge < -0.3 is 20.1 Å². The van der Waals surface area contributed by atoms with Crippen LogP contribution in [0.25, 0.3) is 21.8 Å². The highest BCUT2D eigenvalue weighted by Crippen LogP contribution is 2.30. The van der Waals surface area contributed by atoms with Crippen LogP contribution in [0.2, 0.25) is 5.02 Å². The number of carbonyl (C=O) groups is 1. The standard InChI is InChI=1S/C19H21ClN2O3/c1-11(19(24)21-9-14(23)10-25-2)12-3-5-15-16-8-13(20)4-6-17(16)22-18(15)7-12/h3-8,11,14,22-23H,9-10H2,1-2H3,(H,21,24)/t11-,14-/m1/s1. The third-order valence-electron chi connectivity index (χ3n) is 4.35. The SMILES string of the molecule is COC[C@H](O)CNC(=O)[C@H](C)c1ccc2c(c1)[nH]c1ccc(Cl)cc12. The molecule has 0 spiro atoms. The largest absolute Gasteiger partial charge is 0.389 e. The summed E-state index contributed by atoms with van der Waals surface area (Å²) in [5, 5.41) is 15.2. The molecule has 5 nitrogen and oxygen atoms in total.